The summed E-state index contributed by atoms with van der Waals surface area (Å²) in [6, 6.07) is 0. The Morgan fingerprint density at radius 3 is 2.52 bits per heavy atom. The third-order valence-corrected chi connectivity index (χ3v) is 3.40. The van der Waals surface area contributed by atoms with Gasteiger partial charge in [-0.1, -0.05) is 13.3 Å². The van der Waals surface area contributed by atoms with Gasteiger partial charge in [-0.15, -0.1) is 0 Å². The number of aryl methyl sites for hydroxylation is 2. The molecule has 6 nitrogen and oxygen atoms in total. The second-order valence-corrected chi connectivity index (χ2v) is 5.12. The molecule has 1 rings (SSSR count). The van der Waals surface area contributed by atoms with E-state index in [1.165, 1.54) is 11.0 Å². The number of aromatic nitrogens is 2. The molecule has 0 saturated carbocycles. The Bertz CT molecular complexity index is 546. The summed E-state index contributed by atoms with van der Waals surface area (Å²) in [6.07, 6.45) is 5.03. The van der Waals surface area contributed by atoms with Crippen molar-refractivity contribution in [1.82, 2.24) is 14.7 Å². The van der Waals surface area contributed by atoms with Gasteiger partial charge in [-0.2, -0.15) is 5.10 Å². The molecule has 2 N–H and O–H groups in total. The van der Waals surface area contributed by atoms with E-state index in [1.54, 1.807) is 10.8 Å². The summed E-state index contributed by atoms with van der Waals surface area (Å²) in [5.74, 6) is -0.702. The number of carbonyl (C=O) groups is 2. The third-order valence-electron chi connectivity index (χ3n) is 3.40. The van der Waals surface area contributed by atoms with Crippen molar-refractivity contribution in [1.29, 1.82) is 0 Å². The Morgan fingerprint density at radius 2 is 2.05 bits per heavy atom. The van der Waals surface area contributed by atoms with Crippen LogP contribution in [0.15, 0.2) is 6.08 Å². The lowest BCUT2D eigenvalue weighted by atomic mass is 10.2. The standard InChI is InChI=1S/C15H24N4O2/c1-5-6-9-19(10-14(16)20)15(21)8-7-13-11(2)17-18(4)12(13)3/h7-8H,5-6,9-10H2,1-4H3,(H2,16,20)/b8-7+. The van der Waals surface area contributed by atoms with E-state index in [4.69, 9.17) is 5.73 Å². The number of nitrogens with two attached hydrogens (primary N) is 1. The first-order valence-corrected chi connectivity index (χ1v) is 7.12. The lowest BCUT2D eigenvalue weighted by Gasteiger charge is -2.19. The van der Waals surface area contributed by atoms with E-state index >= 15 is 0 Å². The number of unbranched alkanes of at least 4 members (excludes halogenated alkanes) is 1. The molecule has 2 amide bonds. The first-order chi connectivity index (χ1) is 9.86. The summed E-state index contributed by atoms with van der Waals surface area (Å²) in [5, 5.41) is 4.30. The van der Waals surface area contributed by atoms with Gasteiger partial charge >= 0.3 is 0 Å². The fraction of sp³-hybridized carbons (Fsp3) is 0.533. The number of carbonyl (C=O) groups excluding carboxylic acids is 2. The summed E-state index contributed by atoms with van der Waals surface area (Å²) >= 11 is 0. The molecule has 0 fully saturated rings. The maximum absolute atomic E-state index is 12.2. The summed E-state index contributed by atoms with van der Waals surface area (Å²) in [4.78, 5) is 24.7. The predicted molar refractivity (Wildman–Crippen MR) is 82.4 cm³/mol. The fourth-order valence-electron chi connectivity index (χ4n) is 2.10. The molecule has 116 valence electrons. The molecular formula is C15H24N4O2. The highest BCUT2D eigenvalue weighted by molar-refractivity contribution is 5.94. The summed E-state index contributed by atoms with van der Waals surface area (Å²) in [5.41, 5.74) is 7.98. The van der Waals surface area contributed by atoms with Crippen molar-refractivity contribution in [3.05, 3.63) is 23.0 Å². The first kappa shape index (κ1) is 16.9. The monoisotopic (exact) mass is 292 g/mol. The van der Waals surface area contributed by atoms with Crippen LogP contribution in [0.2, 0.25) is 0 Å². The van der Waals surface area contributed by atoms with Gasteiger partial charge in [0.15, 0.2) is 0 Å². The summed E-state index contributed by atoms with van der Waals surface area (Å²) < 4.78 is 1.78. The second kappa shape index (κ2) is 7.61. The Balaban J connectivity index is 2.84. The van der Waals surface area contributed by atoms with E-state index in [0.717, 1.165) is 29.8 Å². The van der Waals surface area contributed by atoms with Gasteiger partial charge in [0.2, 0.25) is 11.8 Å². The number of hydrogen-bond acceptors (Lipinski definition) is 3. The molecule has 0 aliphatic carbocycles. The highest BCUT2D eigenvalue weighted by atomic mass is 16.2. The minimum atomic E-state index is -0.499. The van der Waals surface area contributed by atoms with Crippen LogP contribution in [0, 0.1) is 13.8 Å². The highest BCUT2D eigenvalue weighted by Gasteiger charge is 2.13. The molecule has 0 aliphatic heterocycles. The molecule has 0 radical (unpaired) electrons. The molecule has 1 heterocycles. The molecule has 0 spiro atoms. The molecule has 0 unspecified atom stereocenters. The van der Waals surface area contributed by atoms with Gasteiger partial charge in [-0.3, -0.25) is 14.3 Å². The normalized spacial score (nSPS) is 11.0. The largest absolute Gasteiger partial charge is 0.368 e. The van der Waals surface area contributed by atoms with Gasteiger partial charge in [-0.25, -0.2) is 0 Å². The highest BCUT2D eigenvalue weighted by Crippen LogP contribution is 2.13. The quantitative estimate of drug-likeness (QED) is 0.766. The third kappa shape index (κ3) is 4.73. The Morgan fingerprint density at radius 1 is 1.38 bits per heavy atom. The predicted octanol–water partition coefficient (Wildman–Crippen LogP) is 1.16. The number of hydrogen-bond donors (Lipinski definition) is 1. The maximum Gasteiger partial charge on any atom is 0.247 e. The van der Waals surface area contributed by atoms with Crippen LogP contribution >= 0.6 is 0 Å². The molecule has 6 heteroatoms. The van der Waals surface area contributed by atoms with Gasteiger partial charge < -0.3 is 10.6 Å². The molecule has 0 atom stereocenters. The molecule has 1 aromatic rings. The van der Waals surface area contributed by atoms with Gasteiger partial charge in [0.25, 0.3) is 0 Å². The smallest absolute Gasteiger partial charge is 0.247 e. The topological polar surface area (TPSA) is 81.2 Å². The van der Waals surface area contributed by atoms with Crippen molar-refractivity contribution in [2.45, 2.75) is 33.6 Å². The Kier molecular flexibility index (Phi) is 6.14. The van der Waals surface area contributed by atoms with Crippen molar-refractivity contribution in [2.24, 2.45) is 12.8 Å². The van der Waals surface area contributed by atoms with E-state index in [-0.39, 0.29) is 12.5 Å². The molecule has 0 bridgehead atoms. The zero-order valence-corrected chi connectivity index (χ0v) is 13.2. The van der Waals surface area contributed by atoms with Gasteiger partial charge in [-0.05, 0) is 26.3 Å². The fourth-order valence-corrected chi connectivity index (χ4v) is 2.10. The van der Waals surface area contributed by atoms with E-state index in [9.17, 15) is 9.59 Å². The lowest BCUT2D eigenvalue weighted by Crippen LogP contribution is -2.38. The van der Waals surface area contributed by atoms with Crippen molar-refractivity contribution < 1.29 is 9.59 Å². The number of amides is 2. The van der Waals surface area contributed by atoms with Crippen LogP contribution in [0.3, 0.4) is 0 Å². The summed E-state index contributed by atoms with van der Waals surface area (Å²) in [7, 11) is 1.86. The van der Waals surface area contributed by atoms with Crippen LogP contribution in [-0.4, -0.2) is 39.6 Å². The average molecular weight is 292 g/mol. The molecule has 21 heavy (non-hydrogen) atoms. The summed E-state index contributed by atoms with van der Waals surface area (Å²) in [6.45, 7) is 6.37. The van der Waals surface area contributed by atoms with Crippen LogP contribution in [0.25, 0.3) is 6.08 Å². The minimum absolute atomic E-state index is 0.0474. The van der Waals surface area contributed by atoms with Crippen molar-refractivity contribution in [2.75, 3.05) is 13.1 Å². The van der Waals surface area contributed by atoms with Crippen LogP contribution in [0.4, 0.5) is 0 Å². The zero-order valence-electron chi connectivity index (χ0n) is 13.2. The molecule has 0 saturated heterocycles. The van der Waals surface area contributed by atoms with Crippen molar-refractivity contribution in [3.8, 4) is 0 Å². The van der Waals surface area contributed by atoms with Crippen LogP contribution in [0.5, 0.6) is 0 Å². The number of rotatable bonds is 7. The van der Waals surface area contributed by atoms with Gasteiger partial charge in [0, 0.05) is 30.9 Å². The zero-order chi connectivity index (χ0) is 16.0. The Hall–Kier alpha value is -2.11. The van der Waals surface area contributed by atoms with Crippen molar-refractivity contribution >= 4 is 17.9 Å². The second-order valence-electron chi connectivity index (χ2n) is 5.12. The number of nitrogens with zero attached hydrogens (tertiary/aromatic N) is 3. The van der Waals surface area contributed by atoms with E-state index < -0.39 is 5.91 Å². The lowest BCUT2D eigenvalue weighted by molar-refractivity contribution is -0.131. The molecule has 1 aromatic heterocycles. The minimum Gasteiger partial charge on any atom is -0.368 e. The van der Waals surface area contributed by atoms with Crippen molar-refractivity contribution in [3.63, 3.8) is 0 Å². The molecular weight excluding hydrogens is 268 g/mol. The van der Waals surface area contributed by atoms with Crippen LogP contribution in [-0.2, 0) is 16.6 Å². The van der Waals surface area contributed by atoms with Crippen LogP contribution in [0.1, 0.15) is 36.7 Å². The van der Waals surface area contributed by atoms with Gasteiger partial charge in [0.1, 0.15) is 0 Å². The van der Waals surface area contributed by atoms with Gasteiger partial charge in [0.05, 0.1) is 12.2 Å². The SMILES string of the molecule is CCCCN(CC(N)=O)C(=O)/C=C/c1c(C)nn(C)c1C. The maximum atomic E-state index is 12.2. The van der Waals surface area contributed by atoms with E-state index in [0.29, 0.717) is 6.54 Å². The molecule has 0 aliphatic rings. The number of primary amides is 1. The average Bonchev–Trinajstić information content (AvgIpc) is 2.65. The van der Waals surface area contributed by atoms with Crippen LogP contribution < -0.4 is 5.73 Å². The van der Waals surface area contributed by atoms with E-state index in [2.05, 4.69) is 5.10 Å². The first-order valence-electron chi connectivity index (χ1n) is 7.12. The van der Waals surface area contributed by atoms with E-state index in [1.807, 2.05) is 27.8 Å². The molecule has 0 aromatic carbocycles. The Labute approximate surface area is 125 Å².